The van der Waals surface area contributed by atoms with Gasteiger partial charge < -0.3 is 10.6 Å². The van der Waals surface area contributed by atoms with Crippen molar-refractivity contribution in [2.45, 2.75) is 46.2 Å². The van der Waals surface area contributed by atoms with Crippen molar-refractivity contribution in [1.82, 2.24) is 10.6 Å². The summed E-state index contributed by atoms with van der Waals surface area (Å²) < 4.78 is 0. The van der Waals surface area contributed by atoms with Crippen LogP contribution in [-0.2, 0) is 16.1 Å². The van der Waals surface area contributed by atoms with E-state index in [4.69, 9.17) is 0 Å². The van der Waals surface area contributed by atoms with Crippen LogP contribution in [0.1, 0.15) is 50.8 Å². The van der Waals surface area contributed by atoms with Gasteiger partial charge in [0.25, 0.3) is 0 Å². The fraction of sp³-hybridized carbons (Fsp3) is 0.364. The van der Waals surface area contributed by atoms with Gasteiger partial charge in [-0.05, 0) is 17.5 Å². The molecule has 2 rings (SSSR count). The average molecular weight is 352 g/mol. The maximum atomic E-state index is 12.6. The van der Waals surface area contributed by atoms with Crippen LogP contribution in [0.2, 0.25) is 0 Å². The molecule has 0 saturated carbocycles. The van der Waals surface area contributed by atoms with Crippen LogP contribution in [0.25, 0.3) is 0 Å². The molecule has 0 aliphatic rings. The maximum absolute atomic E-state index is 12.6. The Balaban J connectivity index is 2.04. The van der Waals surface area contributed by atoms with Gasteiger partial charge >= 0.3 is 0 Å². The zero-order valence-corrected chi connectivity index (χ0v) is 15.8. The maximum Gasteiger partial charge on any atom is 0.226 e. The number of hydrogen-bond donors (Lipinski definition) is 2. The number of amides is 2. The van der Waals surface area contributed by atoms with Gasteiger partial charge in [0.1, 0.15) is 0 Å². The number of rotatable bonds is 8. The van der Waals surface area contributed by atoms with Crippen LogP contribution in [0.5, 0.6) is 0 Å². The van der Waals surface area contributed by atoms with Crippen LogP contribution in [0.3, 0.4) is 0 Å². The minimum Gasteiger partial charge on any atom is -0.352 e. The summed E-state index contributed by atoms with van der Waals surface area (Å²) in [4.78, 5) is 25.0. The first-order valence-electron chi connectivity index (χ1n) is 9.09. The van der Waals surface area contributed by atoms with Gasteiger partial charge in [-0.2, -0.15) is 0 Å². The second-order valence-corrected chi connectivity index (χ2v) is 7.14. The Morgan fingerprint density at radius 2 is 1.54 bits per heavy atom. The second-order valence-electron chi connectivity index (χ2n) is 7.14. The van der Waals surface area contributed by atoms with Crippen molar-refractivity contribution < 1.29 is 9.59 Å². The highest BCUT2D eigenvalue weighted by Crippen LogP contribution is 2.23. The molecule has 2 aromatic carbocycles. The summed E-state index contributed by atoms with van der Waals surface area (Å²) in [5.74, 6) is -0.123. The highest BCUT2D eigenvalue weighted by Gasteiger charge is 2.28. The number of benzene rings is 2. The Morgan fingerprint density at radius 3 is 2.12 bits per heavy atom. The molecule has 0 saturated heterocycles. The third-order valence-corrected chi connectivity index (χ3v) is 4.73. The number of carbonyl (C=O) groups is 2. The van der Waals surface area contributed by atoms with Crippen molar-refractivity contribution in [2.75, 3.05) is 0 Å². The molecule has 2 N–H and O–H groups in total. The van der Waals surface area contributed by atoms with E-state index in [1.54, 1.807) is 0 Å². The van der Waals surface area contributed by atoms with Gasteiger partial charge in [-0.1, -0.05) is 81.4 Å². The Bertz CT molecular complexity index is 711. The quantitative estimate of drug-likeness (QED) is 0.755. The van der Waals surface area contributed by atoms with Crippen LogP contribution in [0.4, 0.5) is 0 Å². The van der Waals surface area contributed by atoms with Gasteiger partial charge in [-0.3, -0.25) is 9.59 Å². The molecule has 0 aliphatic carbocycles. The molecule has 0 radical (unpaired) electrons. The van der Waals surface area contributed by atoms with Crippen LogP contribution >= 0.6 is 0 Å². The number of hydrogen-bond acceptors (Lipinski definition) is 2. The third kappa shape index (κ3) is 5.73. The summed E-state index contributed by atoms with van der Waals surface area (Å²) in [6.45, 7) is 6.30. The van der Waals surface area contributed by atoms with E-state index in [1.807, 2.05) is 81.4 Å². The van der Waals surface area contributed by atoms with E-state index < -0.39 is 5.41 Å². The molecule has 0 spiro atoms. The minimum atomic E-state index is -0.465. The molecule has 2 aromatic rings. The minimum absolute atomic E-state index is 0.0373. The molecule has 138 valence electrons. The summed E-state index contributed by atoms with van der Waals surface area (Å²) in [7, 11) is 0. The smallest absolute Gasteiger partial charge is 0.226 e. The molecule has 26 heavy (non-hydrogen) atoms. The first kappa shape index (κ1) is 19.7. The summed E-state index contributed by atoms with van der Waals surface area (Å²) in [5.41, 5.74) is 1.52. The molecule has 0 bridgehead atoms. The number of carbonyl (C=O) groups excluding carboxylic acids is 2. The van der Waals surface area contributed by atoms with Crippen LogP contribution < -0.4 is 10.6 Å². The molecular formula is C22H28N2O2. The van der Waals surface area contributed by atoms with Crippen LogP contribution in [-0.4, -0.2) is 11.8 Å². The Labute approximate surface area is 156 Å². The van der Waals surface area contributed by atoms with Gasteiger partial charge in [-0.25, -0.2) is 0 Å². The zero-order valence-electron chi connectivity index (χ0n) is 15.8. The lowest BCUT2D eigenvalue weighted by molar-refractivity contribution is -0.130. The highest BCUT2D eigenvalue weighted by atomic mass is 16.2. The fourth-order valence-corrected chi connectivity index (χ4v) is 2.51. The first-order valence-corrected chi connectivity index (χ1v) is 9.09. The van der Waals surface area contributed by atoms with E-state index >= 15 is 0 Å². The number of nitrogens with one attached hydrogen (secondary N) is 2. The monoisotopic (exact) mass is 352 g/mol. The Kier molecular flexibility index (Phi) is 6.96. The molecular weight excluding hydrogens is 324 g/mol. The largest absolute Gasteiger partial charge is 0.352 e. The van der Waals surface area contributed by atoms with E-state index in [0.717, 1.165) is 17.5 Å². The molecule has 0 aromatic heterocycles. The molecule has 0 fully saturated rings. The standard InChI is InChI=1S/C22H28N2O2/c1-4-22(2,3)21(26)24-19(18-13-9-6-10-14-18)15-20(25)23-16-17-11-7-5-8-12-17/h5-14,19H,4,15-16H2,1-3H3,(H,23,25)(H,24,26)/t19-/m0/s1. The molecule has 0 heterocycles. The fourth-order valence-electron chi connectivity index (χ4n) is 2.51. The van der Waals surface area contributed by atoms with Crippen LogP contribution in [0, 0.1) is 5.41 Å². The third-order valence-electron chi connectivity index (χ3n) is 4.73. The van der Waals surface area contributed by atoms with Gasteiger partial charge in [0.2, 0.25) is 11.8 Å². The summed E-state index contributed by atoms with van der Waals surface area (Å²) in [6.07, 6.45) is 0.947. The molecule has 0 unspecified atom stereocenters. The average Bonchev–Trinajstić information content (AvgIpc) is 2.67. The summed E-state index contributed by atoms with van der Waals surface area (Å²) >= 11 is 0. The lowest BCUT2D eigenvalue weighted by Crippen LogP contribution is -2.40. The van der Waals surface area contributed by atoms with Crippen LogP contribution in [0.15, 0.2) is 60.7 Å². The molecule has 1 atom stereocenters. The van der Waals surface area contributed by atoms with Crippen molar-refractivity contribution in [3.63, 3.8) is 0 Å². The predicted octanol–water partition coefficient (Wildman–Crippen LogP) is 3.99. The lowest BCUT2D eigenvalue weighted by atomic mass is 9.88. The van der Waals surface area contributed by atoms with E-state index in [1.165, 1.54) is 0 Å². The predicted molar refractivity (Wildman–Crippen MR) is 104 cm³/mol. The SMILES string of the molecule is CCC(C)(C)C(=O)N[C@@H](CC(=O)NCc1ccccc1)c1ccccc1. The van der Waals surface area contributed by atoms with Crippen molar-refractivity contribution in [1.29, 1.82) is 0 Å². The normalized spacial score (nSPS) is 12.3. The lowest BCUT2D eigenvalue weighted by Gasteiger charge is -2.26. The van der Waals surface area contributed by atoms with Crippen molar-refractivity contribution in [2.24, 2.45) is 5.41 Å². The van der Waals surface area contributed by atoms with Crippen molar-refractivity contribution in [3.8, 4) is 0 Å². The van der Waals surface area contributed by atoms with E-state index in [9.17, 15) is 9.59 Å². The summed E-state index contributed by atoms with van der Waals surface area (Å²) in [5, 5.41) is 5.99. The van der Waals surface area contributed by atoms with E-state index in [2.05, 4.69) is 10.6 Å². The zero-order chi connectivity index (χ0) is 19.0. The highest BCUT2D eigenvalue weighted by molar-refractivity contribution is 5.83. The Morgan fingerprint density at radius 1 is 0.962 bits per heavy atom. The van der Waals surface area contributed by atoms with Crippen molar-refractivity contribution >= 4 is 11.8 Å². The summed E-state index contributed by atoms with van der Waals surface area (Å²) in [6, 6.07) is 19.1. The van der Waals surface area contributed by atoms with Gasteiger partial charge in [0.05, 0.1) is 12.5 Å². The molecule has 4 heteroatoms. The molecule has 4 nitrogen and oxygen atoms in total. The van der Waals surface area contributed by atoms with Gasteiger partial charge in [-0.15, -0.1) is 0 Å². The van der Waals surface area contributed by atoms with E-state index in [-0.39, 0.29) is 24.3 Å². The first-order chi connectivity index (χ1) is 12.4. The topological polar surface area (TPSA) is 58.2 Å². The molecule has 0 aliphatic heterocycles. The van der Waals surface area contributed by atoms with E-state index in [0.29, 0.717) is 6.54 Å². The Hall–Kier alpha value is -2.62. The van der Waals surface area contributed by atoms with Crippen molar-refractivity contribution in [3.05, 3.63) is 71.8 Å². The second kappa shape index (κ2) is 9.18. The molecule has 2 amide bonds. The van der Waals surface area contributed by atoms with Gasteiger partial charge in [0.15, 0.2) is 0 Å². The van der Waals surface area contributed by atoms with Gasteiger partial charge in [0, 0.05) is 12.0 Å².